The molecular formula is C24H18N4O5. The van der Waals surface area contributed by atoms with Gasteiger partial charge in [0.25, 0.3) is 11.1 Å². The second-order valence-corrected chi connectivity index (χ2v) is 7.51. The lowest BCUT2D eigenvalue weighted by Crippen LogP contribution is -2.37. The molecule has 4 N–H and O–H groups in total. The van der Waals surface area contributed by atoms with Gasteiger partial charge in [-0.25, -0.2) is 0 Å². The van der Waals surface area contributed by atoms with E-state index in [2.05, 4.69) is 20.8 Å². The molecule has 164 valence electrons. The van der Waals surface area contributed by atoms with Crippen molar-refractivity contribution >= 4 is 28.3 Å². The Bertz CT molecular complexity index is 1480. The number of carbonyl (C=O) groups excluding carboxylic acids is 2. The molecular weight excluding hydrogens is 424 g/mol. The Hall–Kier alpha value is -4.66. The minimum absolute atomic E-state index is 0.0632. The molecule has 3 aromatic carbocycles. The SMILES string of the molecule is O=C(CNC(=O)C1c2ccccc2Oc2ccccc21)Nc1cccc2c(=O)[nH][nH]c(=O)c12. The Labute approximate surface area is 186 Å². The zero-order valence-corrected chi connectivity index (χ0v) is 17.2. The molecule has 0 saturated carbocycles. The van der Waals surface area contributed by atoms with Crippen LogP contribution in [0.3, 0.4) is 0 Å². The van der Waals surface area contributed by atoms with Crippen LogP contribution in [0.15, 0.2) is 76.3 Å². The monoisotopic (exact) mass is 442 g/mol. The van der Waals surface area contributed by atoms with Gasteiger partial charge in [-0.15, -0.1) is 0 Å². The summed E-state index contributed by atoms with van der Waals surface area (Å²) in [6.45, 7) is -0.321. The average Bonchev–Trinajstić information content (AvgIpc) is 2.83. The normalized spacial score (nSPS) is 12.4. The predicted molar refractivity (Wildman–Crippen MR) is 122 cm³/mol. The Balaban J connectivity index is 1.36. The number of nitrogens with one attached hydrogen (secondary N) is 4. The van der Waals surface area contributed by atoms with Crippen LogP contribution >= 0.6 is 0 Å². The first-order chi connectivity index (χ1) is 16.0. The maximum absolute atomic E-state index is 13.1. The maximum atomic E-state index is 13.1. The molecule has 4 aromatic rings. The molecule has 0 unspecified atom stereocenters. The van der Waals surface area contributed by atoms with Crippen LogP contribution < -0.4 is 26.5 Å². The first-order valence-corrected chi connectivity index (χ1v) is 10.2. The minimum Gasteiger partial charge on any atom is -0.457 e. The van der Waals surface area contributed by atoms with Crippen LogP contribution in [0.25, 0.3) is 10.8 Å². The van der Waals surface area contributed by atoms with Gasteiger partial charge in [0.2, 0.25) is 11.8 Å². The third kappa shape index (κ3) is 3.65. The van der Waals surface area contributed by atoms with E-state index in [1.165, 1.54) is 12.1 Å². The van der Waals surface area contributed by atoms with Gasteiger partial charge >= 0.3 is 0 Å². The molecule has 0 bridgehead atoms. The highest BCUT2D eigenvalue weighted by molar-refractivity contribution is 6.03. The molecule has 0 saturated heterocycles. The van der Waals surface area contributed by atoms with E-state index >= 15 is 0 Å². The van der Waals surface area contributed by atoms with Crippen molar-refractivity contribution in [1.82, 2.24) is 15.5 Å². The summed E-state index contributed by atoms with van der Waals surface area (Å²) in [5.74, 6) is -0.371. The second-order valence-electron chi connectivity index (χ2n) is 7.51. The van der Waals surface area contributed by atoms with Crippen molar-refractivity contribution in [3.8, 4) is 11.5 Å². The summed E-state index contributed by atoms with van der Waals surface area (Å²) in [7, 11) is 0. The van der Waals surface area contributed by atoms with Crippen LogP contribution in [-0.4, -0.2) is 28.6 Å². The van der Waals surface area contributed by atoms with Crippen LogP contribution in [0.4, 0.5) is 5.69 Å². The number of aromatic nitrogens is 2. The summed E-state index contributed by atoms with van der Waals surface area (Å²) in [5.41, 5.74) is 0.564. The lowest BCUT2D eigenvalue weighted by atomic mass is 9.87. The lowest BCUT2D eigenvalue weighted by molar-refractivity contribution is -0.124. The lowest BCUT2D eigenvalue weighted by Gasteiger charge is -2.27. The maximum Gasteiger partial charge on any atom is 0.272 e. The van der Waals surface area contributed by atoms with E-state index in [0.29, 0.717) is 22.6 Å². The van der Waals surface area contributed by atoms with Gasteiger partial charge in [0, 0.05) is 11.1 Å². The number of fused-ring (bicyclic) bond motifs is 3. The molecule has 0 aliphatic carbocycles. The fourth-order valence-electron chi connectivity index (χ4n) is 3.99. The Kier molecular flexibility index (Phi) is 4.98. The van der Waals surface area contributed by atoms with Crippen LogP contribution in [0.2, 0.25) is 0 Å². The highest BCUT2D eigenvalue weighted by Gasteiger charge is 2.32. The van der Waals surface area contributed by atoms with E-state index in [1.807, 2.05) is 36.4 Å². The molecule has 0 spiro atoms. The first-order valence-electron chi connectivity index (χ1n) is 10.2. The van der Waals surface area contributed by atoms with Crippen LogP contribution in [0.5, 0.6) is 11.5 Å². The highest BCUT2D eigenvalue weighted by Crippen LogP contribution is 2.43. The molecule has 9 nitrogen and oxygen atoms in total. The van der Waals surface area contributed by atoms with Gasteiger partial charge in [-0.05, 0) is 24.3 Å². The quantitative estimate of drug-likeness (QED) is 0.385. The summed E-state index contributed by atoms with van der Waals surface area (Å²) in [6.07, 6.45) is 0. The molecule has 0 atom stereocenters. The molecule has 2 amide bonds. The van der Waals surface area contributed by atoms with Gasteiger partial charge in [0.05, 0.1) is 28.9 Å². The predicted octanol–water partition coefficient (Wildman–Crippen LogP) is 2.21. The summed E-state index contributed by atoms with van der Waals surface area (Å²) in [4.78, 5) is 49.9. The van der Waals surface area contributed by atoms with E-state index in [4.69, 9.17) is 4.74 Å². The Morgan fingerprint density at radius 3 is 2.15 bits per heavy atom. The topological polar surface area (TPSA) is 133 Å². The molecule has 1 aliphatic heterocycles. The smallest absolute Gasteiger partial charge is 0.272 e. The highest BCUT2D eigenvalue weighted by atomic mass is 16.5. The molecule has 1 aliphatic rings. The van der Waals surface area contributed by atoms with Crippen molar-refractivity contribution in [3.63, 3.8) is 0 Å². The summed E-state index contributed by atoms with van der Waals surface area (Å²) in [5, 5.41) is 9.96. The fraction of sp³-hybridized carbons (Fsp3) is 0.0833. The van der Waals surface area contributed by atoms with Crippen molar-refractivity contribution < 1.29 is 14.3 Å². The van der Waals surface area contributed by atoms with E-state index < -0.39 is 22.9 Å². The summed E-state index contributed by atoms with van der Waals surface area (Å²) in [6, 6.07) is 19.1. The molecule has 0 radical (unpaired) electrons. The number of amides is 2. The molecule has 33 heavy (non-hydrogen) atoms. The fourth-order valence-corrected chi connectivity index (χ4v) is 3.99. The molecule has 1 aromatic heterocycles. The Morgan fingerprint density at radius 1 is 0.818 bits per heavy atom. The minimum atomic E-state index is -0.641. The van der Waals surface area contributed by atoms with Crippen molar-refractivity contribution in [2.75, 3.05) is 11.9 Å². The average molecular weight is 442 g/mol. The first kappa shape index (κ1) is 20.3. The summed E-state index contributed by atoms with van der Waals surface area (Å²) >= 11 is 0. The molecule has 9 heteroatoms. The largest absolute Gasteiger partial charge is 0.457 e. The number of aromatic amines is 2. The van der Waals surface area contributed by atoms with Crippen molar-refractivity contribution in [1.29, 1.82) is 0 Å². The van der Waals surface area contributed by atoms with Gasteiger partial charge in [-0.1, -0.05) is 42.5 Å². The van der Waals surface area contributed by atoms with Gasteiger partial charge < -0.3 is 15.4 Å². The van der Waals surface area contributed by atoms with Gasteiger partial charge in [-0.2, -0.15) is 0 Å². The number of H-pyrrole nitrogens is 2. The van der Waals surface area contributed by atoms with Crippen molar-refractivity contribution in [3.05, 3.63) is 98.6 Å². The number of ether oxygens (including phenoxy) is 1. The number of benzene rings is 3. The van der Waals surface area contributed by atoms with Crippen LogP contribution in [-0.2, 0) is 9.59 Å². The standard InChI is InChI=1S/C24H18N4O5/c29-19(26-16-9-5-8-15-21(16)24(32)28-27-22(15)30)12-25-23(31)20-13-6-1-3-10-17(13)33-18-11-4-2-7-14(18)20/h1-11,20H,12H2,(H,25,31)(H,26,29)(H,27,30)(H,28,32). The third-order valence-corrected chi connectivity index (χ3v) is 5.47. The summed E-state index contributed by atoms with van der Waals surface area (Å²) < 4.78 is 5.90. The van der Waals surface area contributed by atoms with Crippen LogP contribution in [0.1, 0.15) is 17.0 Å². The zero-order valence-electron chi connectivity index (χ0n) is 17.2. The number of hydrogen-bond acceptors (Lipinski definition) is 5. The van der Waals surface area contributed by atoms with Crippen molar-refractivity contribution in [2.45, 2.75) is 5.92 Å². The number of carbonyl (C=O) groups is 2. The Morgan fingerprint density at radius 2 is 1.45 bits per heavy atom. The molecule has 2 heterocycles. The molecule has 0 fully saturated rings. The number of anilines is 1. The number of para-hydroxylation sites is 2. The van der Waals surface area contributed by atoms with E-state index in [-0.39, 0.29) is 28.9 Å². The van der Waals surface area contributed by atoms with E-state index in [0.717, 1.165) is 0 Å². The number of rotatable bonds is 4. The second kappa shape index (κ2) is 8.12. The van der Waals surface area contributed by atoms with Gasteiger partial charge in [0.15, 0.2) is 0 Å². The van der Waals surface area contributed by atoms with Crippen molar-refractivity contribution in [2.24, 2.45) is 0 Å². The van der Waals surface area contributed by atoms with Gasteiger partial charge in [-0.3, -0.25) is 29.4 Å². The zero-order chi connectivity index (χ0) is 22.9. The number of hydrogen-bond donors (Lipinski definition) is 4. The van der Waals surface area contributed by atoms with Gasteiger partial charge in [0.1, 0.15) is 11.5 Å². The van der Waals surface area contributed by atoms with Crippen LogP contribution in [0, 0.1) is 0 Å². The molecule has 5 rings (SSSR count). The third-order valence-electron chi connectivity index (χ3n) is 5.47. The van der Waals surface area contributed by atoms with E-state index in [1.54, 1.807) is 18.2 Å². The van der Waals surface area contributed by atoms with E-state index in [9.17, 15) is 19.2 Å².